The van der Waals surface area contributed by atoms with E-state index in [0.717, 1.165) is 11.1 Å². The van der Waals surface area contributed by atoms with Crippen LogP contribution in [-0.4, -0.2) is 84.1 Å². The van der Waals surface area contributed by atoms with Crippen molar-refractivity contribution in [1.29, 1.82) is 0 Å². The van der Waals surface area contributed by atoms with E-state index in [1.165, 1.54) is 14.2 Å². The summed E-state index contributed by atoms with van der Waals surface area (Å²) >= 11 is 0. The molecule has 0 radical (unpaired) electrons. The van der Waals surface area contributed by atoms with Crippen molar-refractivity contribution in [2.45, 2.75) is 54.4 Å². The fourth-order valence-electron chi connectivity index (χ4n) is 7.19. The summed E-state index contributed by atoms with van der Waals surface area (Å²) in [6.07, 6.45) is 0.142. The average molecular weight is 1110 g/mol. The van der Waals surface area contributed by atoms with Crippen molar-refractivity contribution >= 4 is 83.1 Å². The molecule has 0 aromatic heterocycles. The zero-order valence-corrected chi connectivity index (χ0v) is 45.8. The first-order valence-corrected chi connectivity index (χ1v) is 27.5. The Morgan fingerprint density at radius 2 is 0.808 bits per heavy atom. The number of rotatable bonds is 26. The van der Waals surface area contributed by atoms with E-state index in [-0.39, 0.29) is 26.1 Å². The Kier molecular flexibility index (Phi) is 20.8. The van der Waals surface area contributed by atoms with Crippen LogP contribution in [-0.2, 0) is 20.2 Å². The molecule has 0 spiro atoms. The number of aryl methyl sites for hydroxylation is 4. The van der Waals surface area contributed by atoms with E-state index >= 15 is 0 Å². The summed E-state index contributed by atoms with van der Waals surface area (Å²) < 4.78 is 96.7. The van der Waals surface area contributed by atoms with Crippen LogP contribution in [0.15, 0.2) is 138 Å². The second-order valence-electron chi connectivity index (χ2n) is 17.1. The lowest BCUT2D eigenvalue weighted by Gasteiger charge is -2.15. The van der Waals surface area contributed by atoms with Crippen LogP contribution in [0.25, 0.3) is 0 Å². The Labute approximate surface area is 452 Å². The van der Waals surface area contributed by atoms with Gasteiger partial charge in [0.25, 0.3) is 20.2 Å². The van der Waals surface area contributed by atoms with E-state index in [4.69, 9.17) is 37.5 Å². The van der Waals surface area contributed by atoms with E-state index in [0.29, 0.717) is 116 Å². The van der Waals surface area contributed by atoms with Crippen molar-refractivity contribution in [1.82, 2.24) is 0 Å². The van der Waals surface area contributed by atoms with E-state index in [1.54, 1.807) is 97.1 Å². The van der Waals surface area contributed by atoms with Crippen LogP contribution in [0.5, 0.6) is 34.5 Å². The first kappa shape index (κ1) is 58.9. The van der Waals surface area contributed by atoms with Crippen molar-refractivity contribution in [2.24, 2.45) is 40.9 Å². The normalized spacial score (nSPS) is 11.9. The molecule has 0 saturated carbocycles. The number of hydrogen-bond acceptors (Lipinski definition) is 19. The summed E-state index contributed by atoms with van der Waals surface area (Å²) in [5.74, 6) is 1.53. The van der Waals surface area contributed by atoms with E-state index in [2.05, 4.69) is 51.5 Å². The largest absolute Gasteiger partial charge is 0.494 e. The molecule has 2 amide bonds. The van der Waals surface area contributed by atoms with Crippen molar-refractivity contribution < 1.29 is 59.2 Å². The second-order valence-corrected chi connectivity index (χ2v) is 20.2. The molecule has 0 aliphatic carbocycles. The number of carbonyl (C=O) groups excluding carboxylic acids is 1. The molecule has 6 aromatic rings. The molecule has 0 aliphatic rings. The van der Waals surface area contributed by atoms with Gasteiger partial charge in [0.05, 0.1) is 97.7 Å². The van der Waals surface area contributed by atoms with Gasteiger partial charge in [-0.3, -0.25) is 9.11 Å². The lowest BCUT2D eigenvalue weighted by Crippen LogP contribution is -2.20. The number of benzene rings is 6. The number of amides is 2. The number of ether oxygens (including phenoxy) is 6. The van der Waals surface area contributed by atoms with Crippen LogP contribution >= 0.6 is 0 Å². The quantitative estimate of drug-likeness (QED) is 0.0223. The summed E-state index contributed by atoms with van der Waals surface area (Å²) in [5, 5.41) is 41.0. The number of methoxy groups -OCH3 is 2. The predicted octanol–water partition coefficient (Wildman–Crippen LogP) is 14.4. The lowest BCUT2D eigenvalue weighted by atomic mass is 10.1. The first-order chi connectivity index (χ1) is 37.2. The summed E-state index contributed by atoms with van der Waals surface area (Å²) in [7, 11) is -5.31. The third-order valence-electron chi connectivity index (χ3n) is 11.1. The van der Waals surface area contributed by atoms with Crippen molar-refractivity contribution in [3.8, 4) is 34.5 Å². The summed E-state index contributed by atoms with van der Waals surface area (Å²) in [6.45, 7) is 11.9. The monoisotopic (exact) mass is 1110 g/mol. The Balaban J connectivity index is 1.08. The summed E-state index contributed by atoms with van der Waals surface area (Å²) in [6, 6.07) is 26.8. The average Bonchev–Trinajstić information content (AvgIpc) is 3.39. The predicted molar refractivity (Wildman–Crippen MR) is 295 cm³/mol. The van der Waals surface area contributed by atoms with Gasteiger partial charge in [0.2, 0.25) is 0 Å². The standard InChI is InChI=1S/C53H60N10O13S2/c1-9-73-39-15-19-43(51(29-39)75-21-11-23-77(65,66)67)60-58-41-17-13-37(25-33(41)3)56-62-45-31-49(71-7)47(27-35(45)5)54-53(64)55-48-28-36(6)46(32-50(48)72-8)63-57-38-14-18-42(34(4)26-38)59-61-44-20-16-40(74-10-2)30-52(44)76-22-12-24-78(68,69)70/h13-20,25-32H,9-12,21-24H2,1-8H3,(H2,54,55,64)(H,65,66,67)(H,68,69,70). The van der Waals surface area contributed by atoms with Crippen molar-refractivity contribution in [3.63, 3.8) is 0 Å². The van der Waals surface area contributed by atoms with E-state index < -0.39 is 37.8 Å². The number of urea groups is 1. The van der Waals surface area contributed by atoms with Gasteiger partial charge in [-0.2, -0.15) is 47.5 Å². The molecular formula is C53H60N10O13S2. The molecule has 0 fully saturated rings. The van der Waals surface area contributed by atoms with Crippen molar-refractivity contribution in [2.75, 3.05) is 62.8 Å². The van der Waals surface area contributed by atoms with Crippen LogP contribution in [0.4, 0.5) is 61.7 Å². The van der Waals surface area contributed by atoms with Gasteiger partial charge in [-0.05, 0) is 149 Å². The third-order valence-corrected chi connectivity index (χ3v) is 12.7. The highest BCUT2D eigenvalue weighted by molar-refractivity contribution is 7.86. The molecule has 0 saturated heterocycles. The molecule has 23 nitrogen and oxygen atoms in total. The minimum Gasteiger partial charge on any atom is -0.494 e. The molecule has 0 unspecified atom stereocenters. The molecule has 25 heteroatoms. The highest BCUT2D eigenvalue weighted by Gasteiger charge is 2.17. The molecule has 0 aliphatic heterocycles. The van der Waals surface area contributed by atoms with E-state index in [9.17, 15) is 21.6 Å². The highest BCUT2D eigenvalue weighted by Crippen LogP contribution is 2.39. The van der Waals surface area contributed by atoms with Crippen LogP contribution in [0.1, 0.15) is 48.9 Å². The van der Waals surface area contributed by atoms with Gasteiger partial charge in [0.15, 0.2) is 0 Å². The van der Waals surface area contributed by atoms with Gasteiger partial charge in [-0.15, -0.1) is 10.2 Å². The molecule has 4 N–H and O–H groups in total. The van der Waals surface area contributed by atoms with Gasteiger partial charge < -0.3 is 39.1 Å². The Hall–Kier alpha value is -8.39. The number of azo groups is 4. The van der Waals surface area contributed by atoms with Crippen LogP contribution in [0.2, 0.25) is 0 Å². The number of anilines is 2. The van der Waals surface area contributed by atoms with Crippen LogP contribution in [0.3, 0.4) is 0 Å². The van der Waals surface area contributed by atoms with Gasteiger partial charge in [0.1, 0.15) is 45.9 Å². The molecule has 78 heavy (non-hydrogen) atoms. The molecule has 412 valence electrons. The molecule has 0 bridgehead atoms. The SMILES string of the molecule is CCOc1ccc(N=Nc2ccc(N=Nc3cc(OC)c(NC(=O)Nc4cc(C)c(N=Nc5ccc(N=Nc6ccc(OCC)cc6OCCCS(=O)(=O)O)c(C)c5)cc4OC)cc3C)cc2C)c(OCCCS(=O)(=O)O)c1. The Morgan fingerprint density at radius 3 is 1.17 bits per heavy atom. The molecule has 6 rings (SSSR count). The zero-order valence-electron chi connectivity index (χ0n) is 44.2. The highest BCUT2D eigenvalue weighted by atomic mass is 32.2. The first-order valence-electron chi connectivity index (χ1n) is 24.3. The van der Waals surface area contributed by atoms with Gasteiger partial charge in [0, 0.05) is 24.3 Å². The number of nitrogens with zero attached hydrogens (tertiary/aromatic N) is 8. The summed E-state index contributed by atoms with van der Waals surface area (Å²) in [4.78, 5) is 13.5. The number of nitrogens with one attached hydrogen (secondary N) is 2. The maximum atomic E-state index is 13.5. The van der Waals surface area contributed by atoms with Gasteiger partial charge in [-0.1, -0.05) is 0 Å². The third kappa shape index (κ3) is 17.9. The molecule has 0 heterocycles. The molecular weight excluding hydrogens is 1050 g/mol. The van der Waals surface area contributed by atoms with E-state index in [1.807, 2.05) is 41.5 Å². The maximum Gasteiger partial charge on any atom is 0.323 e. The number of carbonyl (C=O) groups is 1. The minimum absolute atomic E-state index is 0.0158. The fourth-order valence-corrected chi connectivity index (χ4v) is 8.16. The minimum atomic E-state index is -4.12. The number of hydrogen-bond donors (Lipinski definition) is 4. The lowest BCUT2D eigenvalue weighted by molar-refractivity contribution is 0.262. The Morgan fingerprint density at radius 1 is 0.449 bits per heavy atom. The van der Waals surface area contributed by atoms with Crippen LogP contribution < -0.4 is 39.1 Å². The van der Waals surface area contributed by atoms with Crippen LogP contribution in [0, 0.1) is 27.7 Å². The Bertz CT molecular complexity index is 3240. The maximum absolute atomic E-state index is 13.5. The second kappa shape index (κ2) is 27.6. The zero-order chi connectivity index (χ0) is 56.4. The van der Waals surface area contributed by atoms with Gasteiger partial charge in [-0.25, -0.2) is 4.79 Å². The van der Waals surface area contributed by atoms with Crippen molar-refractivity contribution in [3.05, 3.63) is 119 Å². The van der Waals surface area contributed by atoms with Gasteiger partial charge >= 0.3 is 6.03 Å². The topological polar surface area (TPSA) is 304 Å². The summed E-state index contributed by atoms with van der Waals surface area (Å²) in [5.41, 5.74) is 7.61. The molecule has 0 atom stereocenters. The smallest absolute Gasteiger partial charge is 0.323 e. The fraction of sp³-hybridized carbons (Fsp3) is 0.302. The molecule has 6 aromatic carbocycles.